The predicted molar refractivity (Wildman–Crippen MR) is 90.8 cm³/mol. The highest BCUT2D eigenvalue weighted by atomic mass is 16.5. The van der Waals surface area contributed by atoms with Crippen LogP contribution in [-0.2, 0) is 9.53 Å². The Balaban J connectivity index is 1.82. The Morgan fingerprint density at radius 1 is 1.35 bits per heavy atom. The smallest absolute Gasteiger partial charge is 0.331 e. The number of rotatable bonds is 4. The molecule has 3 nitrogen and oxygen atoms in total. The second-order valence-electron chi connectivity index (χ2n) is 8.29. The van der Waals surface area contributed by atoms with Crippen LogP contribution >= 0.6 is 0 Å². The average molecular weight is 318 g/mol. The number of carbonyl (C=O) groups excluding carboxylic acids is 1. The minimum atomic E-state index is -0.185. The number of allylic oxidation sites excluding steroid dienone is 1. The van der Waals surface area contributed by atoms with Crippen LogP contribution in [0.2, 0.25) is 0 Å². The van der Waals surface area contributed by atoms with Gasteiger partial charge in [0.2, 0.25) is 0 Å². The fraction of sp³-hybridized carbons (Fsp3) is 0.750. The minimum absolute atomic E-state index is 0.143. The minimum Gasteiger partial charge on any atom is -0.458 e. The highest BCUT2D eigenvalue weighted by molar-refractivity contribution is 5.85. The largest absolute Gasteiger partial charge is 0.458 e. The van der Waals surface area contributed by atoms with E-state index in [1.807, 2.05) is 0 Å². The first-order chi connectivity index (χ1) is 10.9. The number of ether oxygens (including phenoxy) is 1. The van der Waals surface area contributed by atoms with E-state index in [1.54, 1.807) is 6.08 Å². The lowest BCUT2D eigenvalue weighted by Gasteiger charge is -2.58. The summed E-state index contributed by atoms with van der Waals surface area (Å²) >= 11 is 0. The normalized spacial score (nSPS) is 40.3. The predicted octanol–water partition coefficient (Wildman–Crippen LogP) is 4.02. The molecule has 3 aliphatic rings. The van der Waals surface area contributed by atoms with Gasteiger partial charge in [0.15, 0.2) is 0 Å². The van der Waals surface area contributed by atoms with Crippen molar-refractivity contribution in [2.75, 3.05) is 13.2 Å². The summed E-state index contributed by atoms with van der Waals surface area (Å²) in [5.41, 5.74) is 2.80. The number of aliphatic hydroxyl groups excluding tert-OH is 1. The van der Waals surface area contributed by atoms with E-state index < -0.39 is 0 Å². The molecule has 1 heterocycles. The van der Waals surface area contributed by atoms with E-state index in [0.29, 0.717) is 18.4 Å². The zero-order chi connectivity index (χ0) is 16.7. The number of hydrogen-bond acceptors (Lipinski definition) is 3. The van der Waals surface area contributed by atoms with E-state index in [-0.39, 0.29) is 23.4 Å². The van der Waals surface area contributed by atoms with E-state index >= 15 is 0 Å². The van der Waals surface area contributed by atoms with Crippen LogP contribution in [0, 0.1) is 22.7 Å². The van der Waals surface area contributed by atoms with Crippen molar-refractivity contribution >= 4 is 5.97 Å². The maximum Gasteiger partial charge on any atom is 0.331 e. The van der Waals surface area contributed by atoms with Crippen molar-refractivity contribution in [1.82, 2.24) is 0 Å². The van der Waals surface area contributed by atoms with Gasteiger partial charge in [-0.15, -0.1) is 0 Å². The molecule has 0 aromatic carbocycles. The molecule has 0 amide bonds. The van der Waals surface area contributed by atoms with E-state index in [0.717, 1.165) is 24.8 Å². The van der Waals surface area contributed by atoms with Crippen LogP contribution in [0.3, 0.4) is 0 Å². The standard InChI is InChI=1S/C20H30O3/c1-14-7-9-20(3)16(12-21)5-4-6-17(20)19(14,2)10-8-15-11-18(22)23-13-15/h5,11,14,17,21H,4,6-10,12-13H2,1-3H3/t14-,17-,19+,20+/m1/s1. The van der Waals surface area contributed by atoms with Gasteiger partial charge in [-0.1, -0.05) is 26.8 Å². The van der Waals surface area contributed by atoms with Crippen molar-refractivity contribution in [2.24, 2.45) is 22.7 Å². The molecule has 2 aliphatic carbocycles. The summed E-state index contributed by atoms with van der Waals surface area (Å²) in [7, 11) is 0. The average Bonchev–Trinajstić information content (AvgIpc) is 2.95. The van der Waals surface area contributed by atoms with Gasteiger partial charge in [0.25, 0.3) is 0 Å². The second-order valence-corrected chi connectivity index (χ2v) is 8.29. The molecule has 0 aromatic rings. The molecular formula is C20H30O3. The van der Waals surface area contributed by atoms with Gasteiger partial charge in [-0.3, -0.25) is 0 Å². The van der Waals surface area contributed by atoms with Crippen LogP contribution in [0.1, 0.15) is 59.3 Å². The molecule has 0 unspecified atom stereocenters. The maximum absolute atomic E-state index is 11.3. The molecule has 0 bridgehead atoms. The number of hydrogen-bond donors (Lipinski definition) is 1. The van der Waals surface area contributed by atoms with Gasteiger partial charge in [0.05, 0.1) is 6.61 Å². The highest BCUT2D eigenvalue weighted by Gasteiger charge is 2.53. The maximum atomic E-state index is 11.3. The SMILES string of the molecule is C[C@@H]1CC[C@@]2(C)C(CO)=CCC[C@@H]2[C@@]1(C)CCC1=CC(=O)OC1. The Hall–Kier alpha value is -1.09. The summed E-state index contributed by atoms with van der Waals surface area (Å²) in [6, 6.07) is 0. The van der Waals surface area contributed by atoms with Crippen molar-refractivity contribution in [3.63, 3.8) is 0 Å². The molecule has 1 saturated carbocycles. The first-order valence-electron chi connectivity index (χ1n) is 9.07. The second kappa shape index (κ2) is 6.08. The van der Waals surface area contributed by atoms with Gasteiger partial charge in [-0.25, -0.2) is 4.79 Å². The van der Waals surface area contributed by atoms with Crippen LogP contribution < -0.4 is 0 Å². The number of fused-ring (bicyclic) bond motifs is 1. The number of esters is 1. The van der Waals surface area contributed by atoms with Crippen molar-refractivity contribution in [1.29, 1.82) is 0 Å². The molecular weight excluding hydrogens is 288 g/mol. The summed E-state index contributed by atoms with van der Waals surface area (Å²) in [6.07, 6.45) is 10.7. The van der Waals surface area contributed by atoms with E-state index in [1.165, 1.54) is 24.8 Å². The number of cyclic esters (lactones) is 1. The van der Waals surface area contributed by atoms with Gasteiger partial charge in [0, 0.05) is 6.08 Å². The molecule has 1 N–H and O–H groups in total. The zero-order valence-corrected chi connectivity index (χ0v) is 14.7. The van der Waals surface area contributed by atoms with Crippen LogP contribution in [0.15, 0.2) is 23.3 Å². The summed E-state index contributed by atoms with van der Waals surface area (Å²) in [5, 5.41) is 9.83. The van der Waals surface area contributed by atoms with Crippen LogP contribution in [0.25, 0.3) is 0 Å². The third-order valence-corrected chi connectivity index (χ3v) is 7.24. The fourth-order valence-electron chi connectivity index (χ4n) is 5.44. The molecule has 3 rings (SSSR count). The lowest BCUT2D eigenvalue weighted by Crippen LogP contribution is -2.50. The van der Waals surface area contributed by atoms with Gasteiger partial charge in [-0.2, -0.15) is 0 Å². The first-order valence-corrected chi connectivity index (χ1v) is 9.07. The summed E-state index contributed by atoms with van der Waals surface area (Å²) in [6.45, 7) is 7.88. The Morgan fingerprint density at radius 2 is 2.13 bits per heavy atom. The van der Waals surface area contributed by atoms with Gasteiger partial charge >= 0.3 is 5.97 Å². The third-order valence-electron chi connectivity index (χ3n) is 7.24. The third kappa shape index (κ3) is 2.77. The molecule has 0 aromatic heterocycles. The molecule has 4 atom stereocenters. The molecule has 0 spiro atoms. The summed E-state index contributed by atoms with van der Waals surface area (Å²) in [4.78, 5) is 11.3. The lowest BCUT2D eigenvalue weighted by molar-refractivity contribution is -0.134. The summed E-state index contributed by atoms with van der Waals surface area (Å²) < 4.78 is 5.05. The number of carbonyl (C=O) groups is 1. The molecule has 0 saturated heterocycles. The van der Waals surface area contributed by atoms with Gasteiger partial charge in [0.1, 0.15) is 6.61 Å². The Kier molecular flexibility index (Phi) is 4.43. The van der Waals surface area contributed by atoms with Crippen LogP contribution in [0.4, 0.5) is 0 Å². The molecule has 128 valence electrons. The van der Waals surface area contributed by atoms with Crippen molar-refractivity contribution in [3.05, 3.63) is 23.3 Å². The molecule has 23 heavy (non-hydrogen) atoms. The Morgan fingerprint density at radius 3 is 2.78 bits per heavy atom. The van der Waals surface area contributed by atoms with E-state index in [9.17, 15) is 9.90 Å². The van der Waals surface area contributed by atoms with Crippen LogP contribution in [0.5, 0.6) is 0 Å². The van der Waals surface area contributed by atoms with Gasteiger partial charge < -0.3 is 9.84 Å². The van der Waals surface area contributed by atoms with E-state index in [4.69, 9.17) is 4.74 Å². The van der Waals surface area contributed by atoms with Crippen molar-refractivity contribution in [2.45, 2.75) is 59.3 Å². The van der Waals surface area contributed by atoms with Gasteiger partial charge in [-0.05, 0) is 72.3 Å². The van der Waals surface area contributed by atoms with E-state index in [2.05, 4.69) is 26.8 Å². The number of aliphatic hydroxyl groups is 1. The topological polar surface area (TPSA) is 46.5 Å². The molecule has 0 radical (unpaired) electrons. The molecule has 1 aliphatic heterocycles. The quantitative estimate of drug-likeness (QED) is 0.629. The van der Waals surface area contributed by atoms with Crippen LogP contribution in [-0.4, -0.2) is 24.3 Å². The van der Waals surface area contributed by atoms with Crippen molar-refractivity contribution in [3.8, 4) is 0 Å². The van der Waals surface area contributed by atoms with Crippen molar-refractivity contribution < 1.29 is 14.6 Å². The highest BCUT2D eigenvalue weighted by Crippen LogP contribution is 2.61. The summed E-state index contributed by atoms with van der Waals surface area (Å²) in [5.74, 6) is 1.11. The molecule has 3 heteroatoms. The lowest BCUT2D eigenvalue weighted by atomic mass is 9.47. The molecule has 1 fully saturated rings. The fourth-order valence-corrected chi connectivity index (χ4v) is 5.44. The Labute approximate surface area is 139 Å². The zero-order valence-electron chi connectivity index (χ0n) is 14.7. The Bertz CT molecular complexity index is 547. The monoisotopic (exact) mass is 318 g/mol. The first kappa shape index (κ1) is 16.8.